The molecule has 1 aliphatic heterocycles. The second kappa shape index (κ2) is 10.1. The molecule has 4 aromatic carbocycles. The van der Waals surface area contributed by atoms with Crippen molar-refractivity contribution in [2.75, 3.05) is 4.31 Å². The highest BCUT2D eigenvalue weighted by Gasteiger charge is 2.49. The Labute approximate surface area is 224 Å². The van der Waals surface area contributed by atoms with Gasteiger partial charge in [0, 0.05) is 27.9 Å². The van der Waals surface area contributed by atoms with E-state index in [1.807, 2.05) is 25.1 Å². The Morgan fingerprint density at radius 1 is 0.784 bits per heavy atom. The summed E-state index contributed by atoms with van der Waals surface area (Å²) in [5.41, 5.74) is 2.91. The van der Waals surface area contributed by atoms with E-state index in [1.54, 1.807) is 84.9 Å². The van der Waals surface area contributed by atoms with Gasteiger partial charge < -0.3 is 0 Å². The van der Waals surface area contributed by atoms with Gasteiger partial charge in [0.15, 0.2) is 11.6 Å². The first kappa shape index (κ1) is 25.1. The van der Waals surface area contributed by atoms with Crippen LogP contribution in [-0.4, -0.2) is 26.0 Å². The number of sulfonamides is 1. The summed E-state index contributed by atoms with van der Waals surface area (Å²) in [4.78, 5) is 27.5. The summed E-state index contributed by atoms with van der Waals surface area (Å²) in [5.74, 6) is -1.16. The van der Waals surface area contributed by atoms with E-state index in [0.29, 0.717) is 22.4 Å². The number of halogens is 1. The molecular weight excluding hydrogens is 550 g/mol. The van der Waals surface area contributed by atoms with Gasteiger partial charge in [-0.05, 0) is 42.8 Å². The maximum atomic E-state index is 14.1. The summed E-state index contributed by atoms with van der Waals surface area (Å²) in [6.07, 6.45) is -0.00607. The largest absolute Gasteiger partial charge is 0.294 e. The van der Waals surface area contributed by atoms with E-state index in [9.17, 15) is 18.0 Å². The van der Waals surface area contributed by atoms with E-state index < -0.39 is 22.0 Å². The van der Waals surface area contributed by atoms with E-state index in [4.69, 9.17) is 0 Å². The van der Waals surface area contributed by atoms with E-state index in [0.717, 1.165) is 10.0 Å². The van der Waals surface area contributed by atoms with E-state index in [1.165, 1.54) is 4.31 Å². The van der Waals surface area contributed by atoms with Crippen molar-refractivity contribution in [2.45, 2.75) is 30.2 Å². The van der Waals surface area contributed by atoms with Crippen molar-refractivity contribution < 1.29 is 18.0 Å². The van der Waals surface area contributed by atoms with Crippen LogP contribution in [-0.2, 0) is 10.0 Å². The maximum absolute atomic E-state index is 14.1. The van der Waals surface area contributed by atoms with Gasteiger partial charge in [0.05, 0.1) is 10.6 Å². The molecule has 5 rings (SSSR count). The van der Waals surface area contributed by atoms with Crippen molar-refractivity contribution in [3.8, 4) is 0 Å². The number of anilines is 1. The Kier molecular flexibility index (Phi) is 6.84. The molecule has 7 heteroatoms. The molecule has 186 valence electrons. The van der Waals surface area contributed by atoms with Crippen molar-refractivity contribution in [3.05, 3.63) is 130 Å². The standard InChI is InChI=1S/C30H24BrNO4S/c1-20-11-17-24(18-12-20)37(35,36)32-27-10-6-5-9-25(27)26(19-28(33)21-7-3-2-4-8-21)29(32)30(34)22-13-15-23(31)16-14-22/h2-18,26,29H,19H2,1H3/t26-,29+/m1/s1. The van der Waals surface area contributed by atoms with Crippen LogP contribution in [0.25, 0.3) is 0 Å². The summed E-state index contributed by atoms with van der Waals surface area (Å²) in [6.45, 7) is 1.88. The van der Waals surface area contributed by atoms with Gasteiger partial charge in [0.25, 0.3) is 10.0 Å². The first-order chi connectivity index (χ1) is 17.8. The Hall–Kier alpha value is -3.55. The monoisotopic (exact) mass is 573 g/mol. The van der Waals surface area contributed by atoms with Crippen LogP contribution in [0.15, 0.2) is 112 Å². The topological polar surface area (TPSA) is 71.5 Å². The van der Waals surface area contributed by atoms with Gasteiger partial charge in [-0.25, -0.2) is 8.42 Å². The highest BCUT2D eigenvalue weighted by Crippen LogP contribution is 2.47. The molecule has 0 radical (unpaired) electrons. The minimum Gasteiger partial charge on any atom is -0.294 e. The van der Waals surface area contributed by atoms with Gasteiger partial charge in [-0.15, -0.1) is 0 Å². The lowest BCUT2D eigenvalue weighted by Gasteiger charge is -2.29. The van der Waals surface area contributed by atoms with Crippen molar-refractivity contribution >= 4 is 43.2 Å². The number of carbonyl (C=O) groups is 2. The van der Waals surface area contributed by atoms with E-state index in [-0.39, 0.29) is 22.9 Å². The quantitative estimate of drug-likeness (QED) is 0.234. The Bertz CT molecular complexity index is 1570. The minimum absolute atomic E-state index is 0.00607. The van der Waals surface area contributed by atoms with Gasteiger partial charge in [-0.1, -0.05) is 94.3 Å². The number of carbonyl (C=O) groups excluding carboxylic acids is 2. The molecule has 0 aliphatic carbocycles. The molecule has 0 fully saturated rings. The third kappa shape index (κ3) is 4.77. The number of hydrogen-bond donors (Lipinski definition) is 0. The van der Waals surface area contributed by atoms with Crippen LogP contribution < -0.4 is 4.31 Å². The fourth-order valence-electron chi connectivity index (χ4n) is 4.83. The molecule has 0 spiro atoms. The van der Waals surface area contributed by atoms with Crippen LogP contribution in [0.5, 0.6) is 0 Å². The number of aryl methyl sites for hydroxylation is 1. The number of rotatable bonds is 7. The zero-order chi connectivity index (χ0) is 26.2. The summed E-state index contributed by atoms with van der Waals surface area (Å²) >= 11 is 3.39. The van der Waals surface area contributed by atoms with Crippen LogP contribution >= 0.6 is 15.9 Å². The van der Waals surface area contributed by atoms with Crippen LogP contribution in [0.3, 0.4) is 0 Å². The number of fused-ring (bicyclic) bond motifs is 1. The van der Waals surface area contributed by atoms with Gasteiger partial charge in [-0.2, -0.15) is 0 Å². The number of hydrogen-bond acceptors (Lipinski definition) is 4. The van der Waals surface area contributed by atoms with Gasteiger partial charge >= 0.3 is 0 Å². The second-order valence-electron chi connectivity index (χ2n) is 9.09. The molecule has 1 aliphatic rings. The number of para-hydroxylation sites is 1. The molecule has 0 amide bonds. The lowest BCUT2D eigenvalue weighted by atomic mass is 9.85. The molecule has 2 atom stereocenters. The third-order valence-corrected chi connectivity index (χ3v) is 9.02. The first-order valence-electron chi connectivity index (χ1n) is 11.9. The molecule has 0 aromatic heterocycles. The van der Waals surface area contributed by atoms with Crippen molar-refractivity contribution in [2.24, 2.45) is 0 Å². The second-order valence-corrected chi connectivity index (χ2v) is 11.8. The maximum Gasteiger partial charge on any atom is 0.265 e. The fourth-order valence-corrected chi connectivity index (χ4v) is 6.76. The number of benzene rings is 4. The summed E-state index contributed by atoms with van der Waals surface area (Å²) in [6, 6.07) is 28.2. The predicted molar refractivity (Wildman–Crippen MR) is 148 cm³/mol. The Morgan fingerprint density at radius 3 is 2.08 bits per heavy atom. The Balaban J connectivity index is 1.66. The number of ketones is 2. The summed E-state index contributed by atoms with van der Waals surface area (Å²) in [5, 5.41) is 0. The Morgan fingerprint density at radius 2 is 1.41 bits per heavy atom. The van der Waals surface area contributed by atoms with Crippen molar-refractivity contribution in [3.63, 3.8) is 0 Å². The highest BCUT2D eigenvalue weighted by atomic mass is 79.9. The SMILES string of the molecule is Cc1ccc(S(=O)(=O)N2c3ccccc3[C@@H](CC(=O)c3ccccc3)[C@H]2C(=O)c2ccc(Br)cc2)cc1. The van der Waals surface area contributed by atoms with Gasteiger partial charge in [0.2, 0.25) is 0 Å². The summed E-state index contributed by atoms with van der Waals surface area (Å²) < 4.78 is 30.2. The minimum atomic E-state index is -4.12. The predicted octanol–water partition coefficient (Wildman–Crippen LogP) is 6.57. The van der Waals surface area contributed by atoms with E-state index >= 15 is 0 Å². The van der Waals surface area contributed by atoms with Gasteiger partial charge in [-0.3, -0.25) is 13.9 Å². The van der Waals surface area contributed by atoms with Crippen LogP contribution in [0.4, 0.5) is 5.69 Å². The summed E-state index contributed by atoms with van der Waals surface area (Å²) in [7, 11) is -4.12. The molecule has 4 aromatic rings. The molecule has 0 bridgehead atoms. The number of Topliss-reactive ketones (excluding diaryl/α,β-unsaturated/α-hetero) is 2. The third-order valence-electron chi connectivity index (χ3n) is 6.68. The lowest BCUT2D eigenvalue weighted by molar-refractivity contribution is 0.0930. The molecule has 5 nitrogen and oxygen atoms in total. The van der Waals surface area contributed by atoms with E-state index in [2.05, 4.69) is 15.9 Å². The molecule has 37 heavy (non-hydrogen) atoms. The molecule has 0 unspecified atom stereocenters. The lowest BCUT2D eigenvalue weighted by Crippen LogP contribution is -2.45. The number of nitrogens with zero attached hydrogens (tertiary/aromatic N) is 1. The zero-order valence-electron chi connectivity index (χ0n) is 20.0. The van der Waals surface area contributed by atoms with Crippen LogP contribution in [0, 0.1) is 6.92 Å². The zero-order valence-corrected chi connectivity index (χ0v) is 22.4. The molecule has 0 saturated carbocycles. The highest BCUT2D eigenvalue weighted by molar-refractivity contribution is 9.10. The van der Waals surface area contributed by atoms with Gasteiger partial charge in [0.1, 0.15) is 6.04 Å². The average molecular weight is 574 g/mol. The first-order valence-corrected chi connectivity index (χ1v) is 14.1. The molecular formula is C30H24BrNO4S. The normalized spacial score (nSPS) is 16.9. The molecule has 0 saturated heterocycles. The fraction of sp³-hybridized carbons (Fsp3) is 0.133. The smallest absolute Gasteiger partial charge is 0.265 e. The van der Waals surface area contributed by atoms with Crippen molar-refractivity contribution in [1.29, 1.82) is 0 Å². The van der Waals surface area contributed by atoms with Crippen LogP contribution in [0.2, 0.25) is 0 Å². The van der Waals surface area contributed by atoms with Crippen molar-refractivity contribution in [1.82, 2.24) is 0 Å². The molecule has 0 N–H and O–H groups in total. The van der Waals surface area contributed by atoms with Crippen LogP contribution in [0.1, 0.15) is 44.2 Å². The molecule has 1 heterocycles. The average Bonchev–Trinajstić information content (AvgIpc) is 3.24.